The molecule has 0 spiro atoms. The van der Waals surface area contributed by atoms with Gasteiger partial charge in [-0.15, -0.1) is 0 Å². The molecule has 0 aliphatic rings. The van der Waals surface area contributed by atoms with Crippen LogP contribution in [0.25, 0.3) is 11.3 Å². The quantitative estimate of drug-likeness (QED) is 0.563. The molecule has 4 rings (SSSR count). The molecule has 0 atom stereocenters. The van der Waals surface area contributed by atoms with Crippen molar-refractivity contribution in [1.29, 1.82) is 0 Å². The van der Waals surface area contributed by atoms with Gasteiger partial charge in [0.05, 0.1) is 0 Å². The lowest BCUT2D eigenvalue weighted by molar-refractivity contribution is 0.294. The number of benzene rings is 1. The van der Waals surface area contributed by atoms with Crippen LogP contribution in [0.1, 0.15) is 16.9 Å². The van der Waals surface area contributed by atoms with Crippen molar-refractivity contribution in [1.82, 2.24) is 15.1 Å². The molecule has 0 saturated carbocycles. The highest BCUT2D eigenvalue weighted by Gasteiger charge is 2.10. The summed E-state index contributed by atoms with van der Waals surface area (Å²) in [6.45, 7) is 0.476. The topological polar surface area (TPSA) is 87.1 Å². The van der Waals surface area contributed by atoms with E-state index in [-0.39, 0.29) is 0 Å². The Labute approximate surface area is 156 Å². The van der Waals surface area contributed by atoms with Gasteiger partial charge in [0.15, 0.2) is 0 Å². The Morgan fingerprint density at radius 1 is 0.889 bits per heavy atom. The maximum atomic E-state index is 5.89. The number of ether oxygens (including phenoxy) is 1. The van der Waals surface area contributed by atoms with Gasteiger partial charge in [0, 0.05) is 36.5 Å². The standard InChI is InChI=1S/C21H18N4O2/c22-21-18(4-3-11-24-21)19-13-17(27-25-19)12-15-6-8-16(9-7-15)14-26-20-5-1-2-10-23-20/h1-11,13H,12,14H2,(H2,22,24). The molecular weight excluding hydrogens is 340 g/mol. The molecule has 27 heavy (non-hydrogen) atoms. The minimum Gasteiger partial charge on any atom is -0.473 e. The maximum Gasteiger partial charge on any atom is 0.213 e. The molecule has 6 heteroatoms. The van der Waals surface area contributed by atoms with Crippen LogP contribution < -0.4 is 10.5 Å². The number of pyridine rings is 2. The predicted octanol–water partition coefficient (Wildman–Crippen LogP) is 3.88. The molecule has 0 amide bonds. The summed E-state index contributed by atoms with van der Waals surface area (Å²) in [5.41, 5.74) is 9.55. The molecule has 0 fully saturated rings. The van der Waals surface area contributed by atoms with E-state index in [4.69, 9.17) is 15.0 Å². The van der Waals surface area contributed by atoms with Crippen molar-refractivity contribution in [3.8, 4) is 17.1 Å². The third-order valence-electron chi connectivity index (χ3n) is 4.10. The first-order valence-corrected chi connectivity index (χ1v) is 8.56. The third kappa shape index (κ3) is 4.12. The van der Waals surface area contributed by atoms with Crippen LogP contribution in [0.15, 0.2) is 77.6 Å². The van der Waals surface area contributed by atoms with Crippen molar-refractivity contribution >= 4 is 5.82 Å². The Kier molecular flexibility index (Phi) is 4.78. The second-order valence-electron chi connectivity index (χ2n) is 6.06. The van der Waals surface area contributed by atoms with Gasteiger partial charge >= 0.3 is 0 Å². The Balaban J connectivity index is 1.39. The third-order valence-corrected chi connectivity index (χ3v) is 4.10. The molecule has 0 saturated heterocycles. The summed E-state index contributed by atoms with van der Waals surface area (Å²) in [6.07, 6.45) is 4.01. The normalized spacial score (nSPS) is 10.7. The molecule has 1 aromatic carbocycles. The number of nitrogens with zero attached hydrogens (tertiary/aromatic N) is 3. The lowest BCUT2D eigenvalue weighted by Gasteiger charge is -2.05. The van der Waals surface area contributed by atoms with Gasteiger partial charge in [-0.25, -0.2) is 9.97 Å². The summed E-state index contributed by atoms with van der Waals surface area (Å²) in [5.74, 6) is 1.82. The first-order valence-electron chi connectivity index (χ1n) is 8.56. The Morgan fingerprint density at radius 3 is 2.48 bits per heavy atom. The molecule has 0 aliphatic heterocycles. The van der Waals surface area contributed by atoms with Gasteiger partial charge in [0.2, 0.25) is 5.88 Å². The first-order chi connectivity index (χ1) is 13.3. The zero-order valence-electron chi connectivity index (χ0n) is 14.6. The fourth-order valence-corrected chi connectivity index (χ4v) is 2.70. The molecular formula is C21H18N4O2. The molecule has 3 heterocycles. The van der Waals surface area contributed by atoms with Crippen molar-refractivity contribution in [3.05, 3.63) is 89.9 Å². The van der Waals surface area contributed by atoms with Gasteiger partial charge < -0.3 is 15.0 Å². The van der Waals surface area contributed by atoms with E-state index < -0.39 is 0 Å². The summed E-state index contributed by atoms with van der Waals surface area (Å²) in [7, 11) is 0. The van der Waals surface area contributed by atoms with Crippen molar-refractivity contribution in [2.75, 3.05) is 5.73 Å². The number of hydrogen-bond donors (Lipinski definition) is 1. The van der Waals surface area contributed by atoms with Crippen LogP contribution >= 0.6 is 0 Å². The summed E-state index contributed by atoms with van der Waals surface area (Å²) >= 11 is 0. The van der Waals surface area contributed by atoms with E-state index in [1.165, 1.54) is 0 Å². The van der Waals surface area contributed by atoms with Crippen LogP contribution in [0, 0.1) is 0 Å². The molecule has 0 radical (unpaired) electrons. The van der Waals surface area contributed by atoms with Gasteiger partial charge in [-0.05, 0) is 29.3 Å². The van der Waals surface area contributed by atoms with Crippen LogP contribution in [0.5, 0.6) is 5.88 Å². The smallest absolute Gasteiger partial charge is 0.213 e. The van der Waals surface area contributed by atoms with E-state index >= 15 is 0 Å². The van der Waals surface area contributed by atoms with Crippen LogP contribution in [-0.2, 0) is 13.0 Å². The van der Waals surface area contributed by atoms with Crippen molar-refractivity contribution in [2.24, 2.45) is 0 Å². The number of hydrogen-bond acceptors (Lipinski definition) is 6. The highest BCUT2D eigenvalue weighted by atomic mass is 16.5. The minimum atomic E-state index is 0.439. The summed E-state index contributed by atoms with van der Waals surface area (Å²) in [6, 6.07) is 19.4. The Hall–Kier alpha value is -3.67. The van der Waals surface area contributed by atoms with Crippen molar-refractivity contribution < 1.29 is 9.26 Å². The predicted molar refractivity (Wildman–Crippen MR) is 102 cm³/mol. The van der Waals surface area contributed by atoms with E-state index in [1.54, 1.807) is 12.4 Å². The molecule has 3 aromatic heterocycles. The second kappa shape index (κ2) is 7.70. The van der Waals surface area contributed by atoms with Gasteiger partial charge in [0.25, 0.3) is 0 Å². The average Bonchev–Trinajstić information content (AvgIpc) is 3.17. The molecule has 0 unspecified atom stereocenters. The second-order valence-corrected chi connectivity index (χ2v) is 6.06. The lowest BCUT2D eigenvalue weighted by Crippen LogP contribution is -1.97. The molecule has 6 nitrogen and oxygen atoms in total. The van der Waals surface area contributed by atoms with E-state index in [2.05, 4.69) is 27.3 Å². The fourth-order valence-electron chi connectivity index (χ4n) is 2.70. The van der Waals surface area contributed by atoms with Crippen LogP contribution in [0.3, 0.4) is 0 Å². The first kappa shape index (κ1) is 16.8. The van der Waals surface area contributed by atoms with Gasteiger partial charge in [-0.2, -0.15) is 0 Å². The van der Waals surface area contributed by atoms with E-state index in [1.807, 2.05) is 48.5 Å². The number of nitrogen functional groups attached to an aromatic ring is 1. The molecule has 4 aromatic rings. The number of nitrogens with two attached hydrogens (primary N) is 1. The number of aromatic nitrogens is 3. The largest absolute Gasteiger partial charge is 0.473 e. The summed E-state index contributed by atoms with van der Waals surface area (Å²) in [4.78, 5) is 8.22. The summed E-state index contributed by atoms with van der Waals surface area (Å²) < 4.78 is 11.1. The average molecular weight is 358 g/mol. The summed E-state index contributed by atoms with van der Waals surface area (Å²) in [5, 5.41) is 4.10. The van der Waals surface area contributed by atoms with E-state index in [0.29, 0.717) is 30.4 Å². The fraction of sp³-hybridized carbons (Fsp3) is 0.0952. The maximum absolute atomic E-state index is 5.89. The van der Waals surface area contributed by atoms with E-state index in [0.717, 1.165) is 22.5 Å². The zero-order chi connectivity index (χ0) is 18.5. The molecule has 2 N–H and O–H groups in total. The van der Waals surface area contributed by atoms with Gasteiger partial charge in [-0.3, -0.25) is 0 Å². The molecule has 0 bridgehead atoms. The molecule has 0 aliphatic carbocycles. The Morgan fingerprint density at radius 2 is 1.70 bits per heavy atom. The Bertz CT molecular complexity index is 1010. The van der Waals surface area contributed by atoms with Gasteiger partial charge in [-0.1, -0.05) is 35.5 Å². The highest BCUT2D eigenvalue weighted by molar-refractivity contribution is 5.70. The van der Waals surface area contributed by atoms with Gasteiger partial charge in [0.1, 0.15) is 23.9 Å². The lowest BCUT2D eigenvalue weighted by atomic mass is 10.1. The number of rotatable bonds is 6. The van der Waals surface area contributed by atoms with Crippen molar-refractivity contribution in [2.45, 2.75) is 13.0 Å². The van der Waals surface area contributed by atoms with Crippen molar-refractivity contribution in [3.63, 3.8) is 0 Å². The van der Waals surface area contributed by atoms with Crippen LogP contribution in [-0.4, -0.2) is 15.1 Å². The monoisotopic (exact) mass is 358 g/mol. The van der Waals surface area contributed by atoms with Crippen LogP contribution in [0.2, 0.25) is 0 Å². The van der Waals surface area contributed by atoms with E-state index in [9.17, 15) is 0 Å². The SMILES string of the molecule is Nc1ncccc1-c1cc(Cc2ccc(COc3ccccn3)cc2)on1. The van der Waals surface area contributed by atoms with Crippen LogP contribution in [0.4, 0.5) is 5.82 Å². The number of anilines is 1. The zero-order valence-corrected chi connectivity index (χ0v) is 14.6. The molecule has 134 valence electrons. The highest BCUT2D eigenvalue weighted by Crippen LogP contribution is 2.24. The minimum absolute atomic E-state index is 0.439.